The van der Waals surface area contributed by atoms with E-state index >= 15 is 0 Å². The van der Waals surface area contributed by atoms with Crippen molar-refractivity contribution >= 4 is 23.5 Å². The van der Waals surface area contributed by atoms with E-state index in [4.69, 9.17) is 11.6 Å². The summed E-state index contributed by atoms with van der Waals surface area (Å²) in [6.07, 6.45) is 2.32. The number of carbonyl (C=O) groups excluding carboxylic acids is 1. The first kappa shape index (κ1) is 16.0. The first-order valence-corrected chi connectivity index (χ1v) is 8.15. The summed E-state index contributed by atoms with van der Waals surface area (Å²) in [7, 11) is 1.80. The molecular weight excluding hydrogens is 314 g/mol. The Balaban J connectivity index is 1.65. The van der Waals surface area contributed by atoms with Gasteiger partial charge in [0.25, 0.3) is 0 Å². The molecule has 1 saturated heterocycles. The van der Waals surface area contributed by atoms with Crippen LogP contribution in [0, 0.1) is 0 Å². The summed E-state index contributed by atoms with van der Waals surface area (Å²) in [5.41, 5.74) is 0.871. The second-order valence-corrected chi connectivity index (χ2v) is 6.23. The molecule has 7 heteroatoms. The van der Waals surface area contributed by atoms with E-state index in [9.17, 15) is 4.79 Å². The quantitative estimate of drug-likeness (QED) is 0.899. The van der Waals surface area contributed by atoms with Crippen LogP contribution in [0.1, 0.15) is 30.1 Å². The lowest BCUT2D eigenvalue weighted by Gasteiger charge is -2.19. The molecule has 0 bridgehead atoms. The number of nitrogens with one attached hydrogen (secondary N) is 2. The van der Waals surface area contributed by atoms with E-state index in [1.807, 2.05) is 12.1 Å². The molecule has 1 aromatic carbocycles. The Morgan fingerprint density at radius 1 is 1.43 bits per heavy atom. The van der Waals surface area contributed by atoms with Crippen molar-refractivity contribution in [2.45, 2.75) is 25.2 Å². The smallest absolute Gasteiger partial charge is 0.231 e. The van der Waals surface area contributed by atoms with Crippen LogP contribution in [0.5, 0.6) is 0 Å². The normalized spacial score (nSPS) is 15.6. The van der Waals surface area contributed by atoms with Crippen molar-refractivity contribution in [3.63, 3.8) is 0 Å². The molecule has 1 aliphatic rings. The second kappa shape index (κ2) is 7.10. The monoisotopic (exact) mass is 333 g/mol. The third kappa shape index (κ3) is 4.09. The number of amides is 1. The topological polar surface area (TPSA) is 71.8 Å². The Morgan fingerprint density at radius 3 is 2.96 bits per heavy atom. The minimum Gasteiger partial charge on any atom is -0.317 e. The number of hydrogen-bond donors (Lipinski definition) is 2. The van der Waals surface area contributed by atoms with Gasteiger partial charge in [-0.3, -0.25) is 10.1 Å². The van der Waals surface area contributed by atoms with Crippen LogP contribution < -0.4 is 10.6 Å². The summed E-state index contributed by atoms with van der Waals surface area (Å²) in [5.74, 6) is 1.54. The van der Waals surface area contributed by atoms with Gasteiger partial charge in [0, 0.05) is 18.0 Å². The van der Waals surface area contributed by atoms with Gasteiger partial charge < -0.3 is 5.32 Å². The highest BCUT2D eigenvalue weighted by Crippen LogP contribution is 2.23. The van der Waals surface area contributed by atoms with Gasteiger partial charge in [-0.25, -0.2) is 4.68 Å². The van der Waals surface area contributed by atoms with E-state index in [2.05, 4.69) is 20.7 Å². The Hall–Kier alpha value is -1.92. The average Bonchev–Trinajstić information content (AvgIpc) is 2.89. The Bertz CT molecular complexity index is 694. The highest BCUT2D eigenvalue weighted by Gasteiger charge is 2.21. The van der Waals surface area contributed by atoms with Crippen molar-refractivity contribution in [2.75, 3.05) is 18.4 Å². The fourth-order valence-electron chi connectivity index (χ4n) is 2.77. The predicted octanol–water partition coefficient (Wildman–Crippen LogP) is 2.12. The summed E-state index contributed by atoms with van der Waals surface area (Å²) >= 11 is 5.94. The third-order valence-corrected chi connectivity index (χ3v) is 4.22. The molecule has 1 amide bonds. The molecule has 2 heterocycles. The van der Waals surface area contributed by atoms with Crippen LogP contribution in [0.2, 0.25) is 5.02 Å². The van der Waals surface area contributed by atoms with E-state index in [0.29, 0.717) is 16.9 Å². The first-order valence-electron chi connectivity index (χ1n) is 7.78. The molecule has 0 unspecified atom stereocenters. The minimum atomic E-state index is -0.125. The Labute approximate surface area is 140 Å². The number of aryl methyl sites for hydroxylation is 1. The van der Waals surface area contributed by atoms with Gasteiger partial charge in [0.05, 0.1) is 6.42 Å². The first-order chi connectivity index (χ1) is 11.1. The molecule has 1 aromatic heterocycles. The van der Waals surface area contributed by atoms with E-state index in [1.165, 1.54) is 0 Å². The highest BCUT2D eigenvalue weighted by atomic mass is 35.5. The molecule has 2 N–H and O–H groups in total. The number of carbonyl (C=O) groups is 1. The van der Waals surface area contributed by atoms with Gasteiger partial charge in [-0.05, 0) is 43.6 Å². The standard InChI is InChI=1S/C16H20ClN5O/c1-22-16(20-15(21-22)12-5-7-18-8-6-12)19-14(23)10-11-3-2-4-13(17)9-11/h2-4,9,12,18H,5-8,10H2,1H3,(H,19,20,21,23). The zero-order valence-corrected chi connectivity index (χ0v) is 13.8. The SMILES string of the molecule is Cn1nc(C2CCNCC2)nc1NC(=O)Cc1cccc(Cl)c1. The Morgan fingerprint density at radius 2 is 2.22 bits per heavy atom. The van der Waals surface area contributed by atoms with Crippen LogP contribution in [-0.4, -0.2) is 33.8 Å². The highest BCUT2D eigenvalue weighted by molar-refractivity contribution is 6.30. The molecule has 0 radical (unpaired) electrons. The fourth-order valence-corrected chi connectivity index (χ4v) is 2.98. The summed E-state index contributed by atoms with van der Waals surface area (Å²) < 4.78 is 1.63. The fraction of sp³-hybridized carbons (Fsp3) is 0.438. The lowest BCUT2D eigenvalue weighted by Crippen LogP contribution is -2.27. The molecule has 0 atom stereocenters. The maximum Gasteiger partial charge on any atom is 0.231 e. The molecule has 1 fully saturated rings. The van der Waals surface area contributed by atoms with Crippen molar-refractivity contribution < 1.29 is 4.79 Å². The number of hydrogen-bond acceptors (Lipinski definition) is 4. The summed E-state index contributed by atoms with van der Waals surface area (Å²) in [5, 5.41) is 11.2. The lowest BCUT2D eigenvalue weighted by molar-refractivity contribution is -0.115. The van der Waals surface area contributed by atoms with Gasteiger partial charge in [-0.1, -0.05) is 23.7 Å². The summed E-state index contributed by atoms with van der Waals surface area (Å²) in [6.45, 7) is 1.97. The van der Waals surface area contributed by atoms with Crippen LogP contribution in [0.3, 0.4) is 0 Å². The molecule has 0 spiro atoms. The number of piperidine rings is 1. The molecule has 0 saturated carbocycles. The molecule has 122 valence electrons. The lowest BCUT2D eigenvalue weighted by atomic mass is 9.98. The van der Waals surface area contributed by atoms with Crippen molar-refractivity contribution in [3.05, 3.63) is 40.7 Å². The summed E-state index contributed by atoms with van der Waals surface area (Å²) in [4.78, 5) is 16.7. The predicted molar refractivity (Wildman–Crippen MR) is 89.6 cm³/mol. The summed E-state index contributed by atoms with van der Waals surface area (Å²) in [6, 6.07) is 7.29. The molecule has 0 aliphatic carbocycles. The molecule has 2 aromatic rings. The number of rotatable bonds is 4. The Kier molecular flexibility index (Phi) is 4.93. The molecule has 6 nitrogen and oxygen atoms in total. The molecule has 3 rings (SSSR count). The van der Waals surface area contributed by atoms with Crippen LogP contribution in [0.15, 0.2) is 24.3 Å². The van der Waals surface area contributed by atoms with Crippen LogP contribution in [0.4, 0.5) is 5.95 Å². The van der Waals surface area contributed by atoms with Gasteiger partial charge in [0.1, 0.15) is 0 Å². The maximum absolute atomic E-state index is 12.2. The van der Waals surface area contributed by atoms with Crippen molar-refractivity contribution in [3.8, 4) is 0 Å². The van der Waals surface area contributed by atoms with Crippen molar-refractivity contribution in [1.82, 2.24) is 20.1 Å². The van der Waals surface area contributed by atoms with Crippen molar-refractivity contribution in [1.29, 1.82) is 0 Å². The zero-order valence-electron chi connectivity index (χ0n) is 13.1. The van der Waals surface area contributed by atoms with Crippen molar-refractivity contribution in [2.24, 2.45) is 7.05 Å². The number of aromatic nitrogens is 3. The number of benzene rings is 1. The minimum absolute atomic E-state index is 0.125. The molecular formula is C16H20ClN5O. The van der Waals surface area contributed by atoms with Gasteiger partial charge in [-0.15, -0.1) is 0 Å². The van der Waals surface area contributed by atoms with Crippen LogP contribution in [-0.2, 0) is 18.3 Å². The van der Waals surface area contributed by atoms with Gasteiger partial charge in [-0.2, -0.15) is 10.1 Å². The van der Waals surface area contributed by atoms with Gasteiger partial charge in [0.2, 0.25) is 11.9 Å². The number of nitrogens with zero attached hydrogens (tertiary/aromatic N) is 3. The van der Waals surface area contributed by atoms with Crippen LogP contribution in [0.25, 0.3) is 0 Å². The van der Waals surface area contributed by atoms with Crippen LogP contribution >= 0.6 is 11.6 Å². The van der Waals surface area contributed by atoms with Gasteiger partial charge in [0.15, 0.2) is 5.82 Å². The number of anilines is 1. The van der Waals surface area contributed by atoms with Gasteiger partial charge >= 0.3 is 0 Å². The largest absolute Gasteiger partial charge is 0.317 e. The zero-order chi connectivity index (χ0) is 16.2. The van der Waals surface area contributed by atoms with E-state index < -0.39 is 0 Å². The molecule has 1 aliphatic heterocycles. The third-order valence-electron chi connectivity index (χ3n) is 3.99. The average molecular weight is 334 g/mol. The van der Waals surface area contributed by atoms with E-state index in [-0.39, 0.29) is 12.3 Å². The number of halogens is 1. The maximum atomic E-state index is 12.2. The molecule has 23 heavy (non-hydrogen) atoms. The second-order valence-electron chi connectivity index (χ2n) is 5.80. The van der Waals surface area contributed by atoms with E-state index in [1.54, 1.807) is 23.9 Å². The van der Waals surface area contributed by atoms with E-state index in [0.717, 1.165) is 37.3 Å².